The second-order valence-electron chi connectivity index (χ2n) is 12.1. The van der Waals surface area contributed by atoms with Crippen molar-refractivity contribution in [2.75, 3.05) is 4.90 Å². The zero-order valence-corrected chi connectivity index (χ0v) is 25.4. The van der Waals surface area contributed by atoms with Crippen molar-refractivity contribution in [1.29, 1.82) is 0 Å². The van der Waals surface area contributed by atoms with Gasteiger partial charge in [0.15, 0.2) is 0 Å². The van der Waals surface area contributed by atoms with Crippen LogP contribution < -0.4 is 4.90 Å². The molecule has 0 aliphatic rings. The van der Waals surface area contributed by atoms with E-state index < -0.39 is 0 Å². The molecule has 0 amide bonds. The minimum Gasteiger partial charge on any atom is -0.456 e. The van der Waals surface area contributed by atoms with Gasteiger partial charge in [-0.3, -0.25) is 0 Å². The molecule has 0 aliphatic heterocycles. The molecule has 47 heavy (non-hydrogen) atoms. The lowest BCUT2D eigenvalue weighted by molar-refractivity contribution is 0.669. The minimum absolute atomic E-state index is 0.902. The average molecular weight is 602 g/mol. The van der Waals surface area contributed by atoms with Crippen LogP contribution in [-0.2, 0) is 0 Å². The predicted octanol–water partition coefficient (Wildman–Crippen LogP) is 12.9. The highest BCUT2D eigenvalue weighted by Gasteiger charge is 2.16. The number of para-hydroxylation sites is 2. The van der Waals surface area contributed by atoms with Crippen molar-refractivity contribution in [2.24, 2.45) is 0 Å². The molecule has 2 heterocycles. The number of fused-ring (bicyclic) bond motifs is 10. The molecule has 0 unspecified atom stereocenters. The van der Waals surface area contributed by atoms with Crippen LogP contribution in [-0.4, -0.2) is 0 Å². The summed E-state index contributed by atoms with van der Waals surface area (Å²) < 4.78 is 12.5. The molecule has 0 atom stereocenters. The number of furan rings is 2. The summed E-state index contributed by atoms with van der Waals surface area (Å²) in [6.07, 6.45) is 0. The van der Waals surface area contributed by atoms with Crippen LogP contribution >= 0.6 is 0 Å². The number of anilines is 3. The van der Waals surface area contributed by atoms with Crippen molar-refractivity contribution in [1.82, 2.24) is 0 Å². The zero-order chi connectivity index (χ0) is 30.9. The van der Waals surface area contributed by atoms with E-state index in [-0.39, 0.29) is 0 Å². The van der Waals surface area contributed by atoms with Gasteiger partial charge in [0.1, 0.15) is 22.3 Å². The van der Waals surface area contributed by atoms with Crippen molar-refractivity contribution in [3.8, 4) is 11.1 Å². The molecule has 0 radical (unpaired) electrons. The van der Waals surface area contributed by atoms with E-state index >= 15 is 0 Å². The van der Waals surface area contributed by atoms with Gasteiger partial charge in [-0.1, -0.05) is 97.1 Å². The van der Waals surface area contributed by atoms with E-state index in [2.05, 4.69) is 157 Å². The lowest BCUT2D eigenvalue weighted by atomic mass is 10.0. The molecule has 2 aromatic heterocycles. The fourth-order valence-corrected chi connectivity index (χ4v) is 7.23. The third-order valence-electron chi connectivity index (χ3n) is 9.43. The first-order chi connectivity index (χ1) is 23.3. The predicted molar refractivity (Wildman–Crippen MR) is 196 cm³/mol. The number of nitrogens with zero attached hydrogens (tertiary/aromatic N) is 1. The molecule has 0 saturated heterocycles. The average Bonchev–Trinajstić information content (AvgIpc) is 3.71. The maximum absolute atomic E-state index is 6.37. The van der Waals surface area contributed by atoms with E-state index in [0.29, 0.717) is 0 Å². The van der Waals surface area contributed by atoms with Gasteiger partial charge in [0.25, 0.3) is 0 Å². The van der Waals surface area contributed by atoms with Crippen LogP contribution in [0, 0.1) is 0 Å². The van der Waals surface area contributed by atoms with Crippen molar-refractivity contribution >= 4 is 82.5 Å². The van der Waals surface area contributed by atoms with Gasteiger partial charge in [-0.2, -0.15) is 0 Å². The number of hydrogen-bond donors (Lipinski definition) is 0. The Bertz CT molecular complexity index is 2790. The lowest BCUT2D eigenvalue weighted by Gasteiger charge is -2.26. The highest BCUT2D eigenvalue weighted by atomic mass is 16.3. The maximum atomic E-state index is 6.37. The van der Waals surface area contributed by atoms with E-state index in [1.165, 1.54) is 26.9 Å². The summed E-state index contributed by atoms with van der Waals surface area (Å²) in [5.41, 5.74) is 9.20. The van der Waals surface area contributed by atoms with Gasteiger partial charge in [0.05, 0.1) is 0 Å². The summed E-state index contributed by atoms with van der Waals surface area (Å²) in [4.78, 5) is 2.31. The molecule has 0 aliphatic carbocycles. The normalized spacial score (nSPS) is 11.8. The van der Waals surface area contributed by atoms with Gasteiger partial charge in [0.2, 0.25) is 0 Å². The molecule has 3 nitrogen and oxygen atoms in total. The topological polar surface area (TPSA) is 29.5 Å². The molecule has 0 N–H and O–H groups in total. The lowest BCUT2D eigenvalue weighted by Crippen LogP contribution is -2.09. The van der Waals surface area contributed by atoms with Crippen molar-refractivity contribution < 1.29 is 8.83 Å². The largest absolute Gasteiger partial charge is 0.456 e. The monoisotopic (exact) mass is 601 g/mol. The Labute approximate surface area is 270 Å². The highest BCUT2D eigenvalue weighted by Crippen LogP contribution is 2.41. The minimum atomic E-state index is 0.902. The first kappa shape index (κ1) is 26.0. The number of rotatable bonds is 4. The second kappa shape index (κ2) is 10.1. The summed E-state index contributed by atoms with van der Waals surface area (Å²) in [7, 11) is 0. The molecule has 10 aromatic rings. The molecular formula is C44H27NO2. The van der Waals surface area contributed by atoms with Crippen molar-refractivity contribution in [3.05, 3.63) is 164 Å². The van der Waals surface area contributed by atoms with E-state index in [0.717, 1.165) is 66.7 Å². The molecule has 3 heteroatoms. The third-order valence-corrected chi connectivity index (χ3v) is 9.43. The molecule has 8 aromatic carbocycles. The van der Waals surface area contributed by atoms with Gasteiger partial charge in [0, 0.05) is 38.6 Å². The van der Waals surface area contributed by atoms with Gasteiger partial charge in [-0.15, -0.1) is 0 Å². The van der Waals surface area contributed by atoms with Crippen LogP contribution in [0.3, 0.4) is 0 Å². The molecule has 10 rings (SSSR count). The Morgan fingerprint density at radius 1 is 0.319 bits per heavy atom. The summed E-state index contributed by atoms with van der Waals surface area (Å²) in [5.74, 6) is 0. The molecule has 0 bridgehead atoms. The summed E-state index contributed by atoms with van der Waals surface area (Å²) in [5, 5.41) is 9.43. The van der Waals surface area contributed by atoms with Gasteiger partial charge >= 0.3 is 0 Å². The zero-order valence-electron chi connectivity index (χ0n) is 25.4. The van der Waals surface area contributed by atoms with Crippen LogP contribution in [0.1, 0.15) is 0 Å². The van der Waals surface area contributed by atoms with E-state index in [1.807, 2.05) is 12.1 Å². The Balaban J connectivity index is 1.06. The van der Waals surface area contributed by atoms with E-state index in [9.17, 15) is 0 Å². The standard InChI is InChI=1S/C44H27NO2/c1-2-9-32(10-3-1)45(34-21-23-36-31(26-34)18-25-40-44(36)37-12-6-7-13-39(37)46-40)33-19-14-28(15-20-33)30-16-22-38-42(27-30)47-41-24-17-29-8-4-5-11-35(29)43(38)41/h1-27H. The Morgan fingerprint density at radius 2 is 0.894 bits per heavy atom. The van der Waals surface area contributed by atoms with Crippen molar-refractivity contribution in [3.63, 3.8) is 0 Å². The molecular weight excluding hydrogens is 574 g/mol. The quantitative estimate of drug-likeness (QED) is 0.201. The molecule has 0 spiro atoms. The molecule has 220 valence electrons. The SMILES string of the molecule is c1ccc(N(c2ccc(-c3ccc4c(c3)oc3ccc5ccccc5c34)cc2)c2ccc3c(ccc4oc5ccccc5c43)c2)cc1. The van der Waals surface area contributed by atoms with Gasteiger partial charge < -0.3 is 13.7 Å². The smallest absolute Gasteiger partial charge is 0.136 e. The second-order valence-corrected chi connectivity index (χ2v) is 12.1. The van der Waals surface area contributed by atoms with E-state index in [4.69, 9.17) is 8.83 Å². The Morgan fingerprint density at radius 3 is 1.72 bits per heavy atom. The van der Waals surface area contributed by atoms with Crippen LogP contribution in [0.2, 0.25) is 0 Å². The summed E-state index contributed by atoms with van der Waals surface area (Å²) >= 11 is 0. The first-order valence-corrected chi connectivity index (χ1v) is 15.9. The third kappa shape index (κ3) is 4.07. The molecule has 0 fully saturated rings. The highest BCUT2D eigenvalue weighted by molar-refractivity contribution is 6.20. The fraction of sp³-hybridized carbons (Fsp3) is 0. The van der Waals surface area contributed by atoms with Gasteiger partial charge in [-0.25, -0.2) is 0 Å². The first-order valence-electron chi connectivity index (χ1n) is 15.9. The number of benzene rings is 8. The summed E-state index contributed by atoms with van der Waals surface area (Å²) in [6, 6.07) is 57.9. The summed E-state index contributed by atoms with van der Waals surface area (Å²) in [6.45, 7) is 0. The molecule has 0 saturated carbocycles. The van der Waals surface area contributed by atoms with Crippen LogP contribution in [0.5, 0.6) is 0 Å². The van der Waals surface area contributed by atoms with Crippen LogP contribution in [0.15, 0.2) is 173 Å². The Hall–Kier alpha value is -6.32. The van der Waals surface area contributed by atoms with Crippen LogP contribution in [0.4, 0.5) is 17.1 Å². The fourth-order valence-electron chi connectivity index (χ4n) is 7.23. The van der Waals surface area contributed by atoms with Crippen molar-refractivity contribution in [2.45, 2.75) is 0 Å². The number of hydrogen-bond acceptors (Lipinski definition) is 3. The van der Waals surface area contributed by atoms with Crippen LogP contribution in [0.25, 0.3) is 76.5 Å². The maximum Gasteiger partial charge on any atom is 0.136 e. The van der Waals surface area contributed by atoms with Gasteiger partial charge in [-0.05, 0) is 99.4 Å². The Kier molecular flexibility index (Phi) is 5.57. The van der Waals surface area contributed by atoms with E-state index in [1.54, 1.807) is 0 Å².